The van der Waals surface area contributed by atoms with Crippen molar-refractivity contribution in [3.63, 3.8) is 0 Å². The molecule has 0 aliphatic carbocycles. The van der Waals surface area contributed by atoms with E-state index in [0.717, 1.165) is 16.5 Å². The van der Waals surface area contributed by atoms with E-state index in [4.69, 9.17) is 14.2 Å². The van der Waals surface area contributed by atoms with E-state index in [1.807, 2.05) is 55.6 Å². The molecule has 5 rings (SSSR count). The molecule has 0 spiro atoms. The molecule has 2 aromatic carbocycles. The number of rotatable bonds is 7. The molecule has 1 atom stereocenters. The van der Waals surface area contributed by atoms with E-state index in [0.29, 0.717) is 44.3 Å². The number of methoxy groups -OCH3 is 1. The van der Waals surface area contributed by atoms with Crippen LogP contribution >= 0.6 is 11.3 Å². The van der Waals surface area contributed by atoms with Crippen molar-refractivity contribution >= 4 is 34.3 Å². The first-order valence-electron chi connectivity index (χ1n) is 12.0. The predicted octanol–water partition coefficient (Wildman–Crippen LogP) is 3.69. The van der Waals surface area contributed by atoms with Crippen molar-refractivity contribution in [1.82, 2.24) is 9.55 Å². The minimum Gasteiger partial charge on any atom is -0.493 e. The minimum absolute atomic E-state index is 0.208. The molecule has 4 aromatic rings. The number of esters is 1. The third-order valence-electron chi connectivity index (χ3n) is 6.23. The fourth-order valence-corrected chi connectivity index (χ4v) is 5.63. The van der Waals surface area contributed by atoms with Crippen LogP contribution in [0.3, 0.4) is 0 Å². The Bertz CT molecular complexity index is 1710. The van der Waals surface area contributed by atoms with E-state index in [1.165, 1.54) is 11.3 Å². The number of carbonyl (C=O) groups excluding carboxylic acids is 1. The number of nitrogens with one attached hydrogen (secondary N) is 1. The van der Waals surface area contributed by atoms with Gasteiger partial charge in [0.15, 0.2) is 16.3 Å². The summed E-state index contributed by atoms with van der Waals surface area (Å²) in [5.41, 5.74) is 3.18. The Morgan fingerprint density at radius 3 is 2.73 bits per heavy atom. The van der Waals surface area contributed by atoms with Crippen molar-refractivity contribution < 1.29 is 19.0 Å². The number of carbonyl (C=O) groups is 1. The van der Waals surface area contributed by atoms with Gasteiger partial charge in [-0.05, 0) is 50.6 Å². The van der Waals surface area contributed by atoms with Crippen molar-refractivity contribution in [3.05, 3.63) is 90.7 Å². The first-order valence-corrected chi connectivity index (χ1v) is 12.8. The molecule has 8 nitrogen and oxygen atoms in total. The van der Waals surface area contributed by atoms with E-state index in [-0.39, 0.29) is 12.2 Å². The van der Waals surface area contributed by atoms with Gasteiger partial charge in [0.25, 0.3) is 5.56 Å². The van der Waals surface area contributed by atoms with E-state index in [9.17, 15) is 9.59 Å². The summed E-state index contributed by atoms with van der Waals surface area (Å²) in [5, 5.41) is 1.02. The van der Waals surface area contributed by atoms with Crippen LogP contribution in [0.25, 0.3) is 17.0 Å². The lowest BCUT2D eigenvalue weighted by Gasteiger charge is -2.25. The molecule has 0 amide bonds. The van der Waals surface area contributed by atoms with Crippen LogP contribution in [0.2, 0.25) is 0 Å². The number of H-pyrrole nitrogens is 1. The van der Waals surface area contributed by atoms with Crippen molar-refractivity contribution in [2.45, 2.75) is 26.8 Å². The SMILES string of the molecule is CCOC(=O)C1=C(C)N=c2sc(=Cc3c[nH]c4ccccc34)c(=O)n2[C@H]1c1ccc(OC)c(OCC)c1. The zero-order valence-corrected chi connectivity index (χ0v) is 21.8. The lowest BCUT2D eigenvalue weighted by Crippen LogP contribution is -2.40. The maximum Gasteiger partial charge on any atom is 0.338 e. The van der Waals surface area contributed by atoms with Gasteiger partial charge in [-0.15, -0.1) is 0 Å². The fraction of sp³-hybridized carbons (Fsp3) is 0.250. The topological polar surface area (TPSA) is 94.9 Å². The molecule has 0 unspecified atom stereocenters. The van der Waals surface area contributed by atoms with Gasteiger partial charge in [0.2, 0.25) is 0 Å². The molecule has 3 heterocycles. The average molecular weight is 518 g/mol. The molecular formula is C28H27N3O5S. The fourth-order valence-electron chi connectivity index (χ4n) is 4.59. The van der Waals surface area contributed by atoms with Gasteiger partial charge in [-0.2, -0.15) is 0 Å². The minimum atomic E-state index is -0.731. The highest BCUT2D eigenvalue weighted by Gasteiger charge is 2.34. The number of allylic oxidation sites excluding steroid dienone is 1. The maximum atomic E-state index is 13.9. The number of nitrogens with zero attached hydrogens (tertiary/aromatic N) is 2. The Kier molecular flexibility index (Phi) is 6.71. The summed E-state index contributed by atoms with van der Waals surface area (Å²) in [7, 11) is 1.57. The third-order valence-corrected chi connectivity index (χ3v) is 7.21. The second-order valence-electron chi connectivity index (χ2n) is 8.44. The van der Waals surface area contributed by atoms with Crippen LogP contribution in [0.4, 0.5) is 0 Å². The monoisotopic (exact) mass is 517 g/mol. The van der Waals surface area contributed by atoms with Crippen LogP contribution in [-0.2, 0) is 9.53 Å². The smallest absolute Gasteiger partial charge is 0.338 e. The zero-order valence-electron chi connectivity index (χ0n) is 21.0. The van der Waals surface area contributed by atoms with Gasteiger partial charge in [-0.3, -0.25) is 9.36 Å². The van der Waals surface area contributed by atoms with E-state index in [2.05, 4.69) is 9.98 Å². The second-order valence-corrected chi connectivity index (χ2v) is 9.44. The summed E-state index contributed by atoms with van der Waals surface area (Å²) in [4.78, 5) is 35.4. The number of hydrogen-bond acceptors (Lipinski definition) is 7. The van der Waals surface area contributed by atoms with E-state index >= 15 is 0 Å². The summed E-state index contributed by atoms with van der Waals surface area (Å²) < 4.78 is 18.7. The number of thiazole rings is 1. The molecule has 0 bridgehead atoms. The largest absolute Gasteiger partial charge is 0.493 e. The molecule has 0 radical (unpaired) electrons. The lowest BCUT2D eigenvalue weighted by atomic mass is 9.95. The standard InChI is InChI=1S/C28H27N3O5S/c1-5-35-22-13-17(11-12-21(22)34-4)25-24(27(33)36-6-2)16(3)30-28-31(25)26(32)23(37-28)14-18-15-29-20-10-8-7-9-19(18)20/h7-15,25,29H,5-6H2,1-4H3/t25-/m0/s1. The Balaban J connectivity index is 1.74. The van der Waals surface area contributed by atoms with Gasteiger partial charge in [-0.25, -0.2) is 9.79 Å². The van der Waals surface area contributed by atoms with Crippen molar-refractivity contribution in [2.24, 2.45) is 4.99 Å². The molecule has 0 saturated carbocycles. The molecule has 37 heavy (non-hydrogen) atoms. The Morgan fingerprint density at radius 1 is 1.16 bits per heavy atom. The van der Waals surface area contributed by atoms with Crippen molar-refractivity contribution in [2.75, 3.05) is 20.3 Å². The normalized spacial score (nSPS) is 15.5. The molecule has 1 aliphatic rings. The number of hydrogen-bond donors (Lipinski definition) is 1. The van der Waals surface area contributed by atoms with Crippen LogP contribution < -0.4 is 24.4 Å². The van der Waals surface area contributed by atoms with Crippen LogP contribution in [0, 0.1) is 0 Å². The van der Waals surface area contributed by atoms with Gasteiger partial charge in [0.05, 0.1) is 42.2 Å². The zero-order chi connectivity index (χ0) is 26.1. The van der Waals surface area contributed by atoms with Crippen molar-refractivity contribution in [1.29, 1.82) is 0 Å². The van der Waals surface area contributed by atoms with E-state index < -0.39 is 12.0 Å². The maximum absolute atomic E-state index is 13.9. The van der Waals surface area contributed by atoms with Crippen LogP contribution in [0.1, 0.15) is 37.9 Å². The Morgan fingerprint density at radius 2 is 1.97 bits per heavy atom. The molecule has 0 saturated heterocycles. The number of aromatic amines is 1. The highest BCUT2D eigenvalue weighted by molar-refractivity contribution is 7.07. The van der Waals surface area contributed by atoms with E-state index in [1.54, 1.807) is 31.6 Å². The van der Waals surface area contributed by atoms with Gasteiger partial charge in [0, 0.05) is 22.7 Å². The summed E-state index contributed by atoms with van der Waals surface area (Å²) in [5.74, 6) is 0.588. The Labute approximate surface area is 217 Å². The lowest BCUT2D eigenvalue weighted by molar-refractivity contribution is -0.139. The van der Waals surface area contributed by atoms with Gasteiger partial charge in [-0.1, -0.05) is 35.6 Å². The van der Waals surface area contributed by atoms with Gasteiger partial charge in [0.1, 0.15) is 0 Å². The third kappa shape index (κ3) is 4.35. The summed E-state index contributed by atoms with van der Waals surface area (Å²) in [6.45, 7) is 6.05. The number of fused-ring (bicyclic) bond motifs is 2. The van der Waals surface area contributed by atoms with Gasteiger partial charge >= 0.3 is 5.97 Å². The van der Waals surface area contributed by atoms with Gasteiger partial charge < -0.3 is 19.2 Å². The molecule has 0 fully saturated rings. The predicted molar refractivity (Wildman–Crippen MR) is 143 cm³/mol. The van der Waals surface area contributed by atoms with Crippen LogP contribution in [-0.4, -0.2) is 35.8 Å². The molecular weight excluding hydrogens is 490 g/mol. The highest BCUT2D eigenvalue weighted by Crippen LogP contribution is 2.36. The summed E-state index contributed by atoms with van der Waals surface area (Å²) in [6, 6.07) is 12.6. The molecule has 1 N–H and O–H groups in total. The van der Waals surface area contributed by atoms with Crippen LogP contribution in [0.5, 0.6) is 11.5 Å². The van der Waals surface area contributed by atoms with Crippen LogP contribution in [0.15, 0.2) is 69.7 Å². The number of ether oxygens (including phenoxy) is 3. The number of aromatic nitrogens is 2. The first-order chi connectivity index (χ1) is 18.0. The first kappa shape index (κ1) is 24.6. The highest BCUT2D eigenvalue weighted by atomic mass is 32.1. The average Bonchev–Trinajstić information content (AvgIpc) is 3.44. The summed E-state index contributed by atoms with van der Waals surface area (Å²) >= 11 is 1.29. The molecule has 190 valence electrons. The van der Waals surface area contributed by atoms with Crippen molar-refractivity contribution in [3.8, 4) is 11.5 Å². The molecule has 2 aromatic heterocycles. The molecule has 1 aliphatic heterocycles. The summed E-state index contributed by atoms with van der Waals surface area (Å²) in [6.07, 6.45) is 3.75. The molecule has 9 heteroatoms. The Hall–Kier alpha value is -4.11. The second kappa shape index (κ2) is 10.1. The quantitative estimate of drug-likeness (QED) is 0.378. The number of para-hydroxylation sites is 1. The number of benzene rings is 2.